The van der Waals surface area contributed by atoms with E-state index < -0.39 is 0 Å². The molecule has 0 atom stereocenters. The second-order valence-electron chi connectivity index (χ2n) is 5.90. The van der Waals surface area contributed by atoms with Crippen molar-refractivity contribution in [2.45, 2.75) is 11.4 Å². The average molecular weight is 390 g/mol. The largest absolute Gasteiger partial charge is 0.486 e. The highest BCUT2D eigenvalue weighted by atomic mass is 35.5. The van der Waals surface area contributed by atoms with Gasteiger partial charge < -0.3 is 14.4 Å². The van der Waals surface area contributed by atoms with Crippen LogP contribution >= 0.6 is 23.4 Å². The van der Waals surface area contributed by atoms with Crippen LogP contribution < -0.4 is 9.47 Å². The molecule has 26 heavy (non-hydrogen) atoms. The highest BCUT2D eigenvalue weighted by Gasteiger charge is 2.16. The van der Waals surface area contributed by atoms with Crippen molar-refractivity contribution >= 4 is 35.3 Å². The van der Waals surface area contributed by atoms with Gasteiger partial charge >= 0.3 is 0 Å². The Kier molecular flexibility index (Phi) is 6.12. The molecule has 6 heteroatoms. The van der Waals surface area contributed by atoms with Crippen LogP contribution in [0.25, 0.3) is 6.08 Å². The van der Waals surface area contributed by atoms with Crippen molar-refractivity contribution in [3.05, 3.63) is 58.6 Å². The van der Waals surface area contributed by atoms with Crippen LogP contribution in [0.5, 0.6) is 11.5 Å². The van der Waals surface area contributed by atoms with Crippen molar-refractivity contribution < 1.29 is 14.3 Å². The molecule has 1 heterocycles. The van der Waals surface area contributed by atoms with E-state index in [1.807, 2.05) is 24.5 Å². The van der Waals surface area contributed by atoms with E-state index in [4.69, 9.17) is 21.1 Å². The van der Waals surface area contributed by atoms with Crippen LogP contribution in [-0.2, 0) is 11.3 Å². The topological polar surface area (TPSA) is 38.8 Å². The maximum absolute atomic E-state index is 12.4. The van der Waals surface area contributed by atoms with Crippen LogP contribution in [-0.4, -0.2) is 37.3 Å². The minimum Gasteiger partial charge on any atom is -0.486 e. The van der Waals surface area contributed by atoms with Crippen molar-refractivity contribution in [2.75, 3.05) is 26.5 Å². The summed E-state index contributed by atoms with van der Waals surface area (Å²) >= 11 is 7.92. The summed E-state index contributed by atoms with van der Waals surface area (Å²) in [6.45, 7) is 1.54. The number of halogens is 1. The second-order valence-corrected chi connectivity index (χ2v) is 7.19. The van der Waals surface area contributed by atoms with Gasteiger partial charge in [0.05, 0.1) is 5.02 Å². The Labute approximate surface area is 162 Å². The summed E-state index contributed by atoms with van der Waals surface area (Å²) in [5.74, 6) is 1.09. The molecule has 1 aliphatic heterocycles. The number of likely N-dealkylation sites (N-methyl/N-ethyl adjacent to an activating group) is 1. The normalized spacial score (nSPS) is 13.0. The molecule has 3 rings (SSSR count). The molecular formula is C20H20ClNO3S. The fraction of sp³-hybridized carbons (Fsp3) is 0.250. The molecule has 0 saturated heterocycles. The number of hydrogen-bond donors (Lipinski definition) is 0. The first-order valence-electron chi connectivity index (χ1n) is 8.22. The van der Waals surface area contributed by atoms with E-state index in [1.165, 1.54) is 11.0 Å². The fourth-order valence-corrected chi connectivity index (χ4v) is 3.29. The van der Waals surface area contributed by atoms with Crippen LogP contribution in [0.2, 0.25) is 5.02 Å². The molecule has 0 bridgehead atoms. The lowest BCUT2D eigenvalue weighted by atomic mass is 10.1. The Hall–Kier alpha value is -2.11. The first-order chi connectivity index (χ1) is 12.6. The molecule has 4 nitrogen and oxygen atoms in total. The summed E-state index contributed by atoms with van der Waals surface area (Å²) in [5, 5.41) is 0.483. The molecule has 0 aliphatic carbocycles. The van der Waals surface area contributed by atoms with Gasteiger partial charge in [-0.1, -0.05) is 23.7 Å². The summed E-state index contributed by atoms with van der Waals surface area (Å²) in [4.78, 5) is 15.2. The first kappa shape index (κ1) is 18.7. The number of ether oxygens (including phenoxy) is 2. The second kappa shape index (κ2) is 8.52. The summed E-state index contributed by atoms with van der Waals surface area (Å²) in [6, 6.07) is 11.8. The van der Waals surface area contributed by atoms with Gasteiger partial charge in [-0.2, -0.15) is 0 Å². The number of carbonyl (C=O) groups excluding carboxylic acids is 1. The van der Waals surface area contributed by atoms with E-state index in [0.717, 1.165) is 11.1 Å². The zero-order valence-electron chi connectivity index (χ0n) is 14.7. The minimum atomic E-state index is -0.0787. The quantitative estimate of drug-likeness (QED) is 0.557. The van der Waals surface area contributed by atoms with Gasteiger partial charge in [-0.3, -0.25) is 4.79 Å². The third-order valence-corrected chi connectivity index (χ3v) is 5.02. The maximum atomic E-state index is 12.4. The van der Waals surface area contributed by atoms with Crippen molar-refractivity contribution in [3.8, 4) is 11.5 Å². The van der Waals surface area contributed by atoms with E-state index in [-0.39, 0.29) is 5.91 Å². The van der Waals surface area contributed by atoms with Crippen LogP contribution in [0.1, 0.15) is 11.1 Å². The average Bonchev–Trinajstić information content (AvgIpc) is 2.66. The zero-order chi connectivity index (χ0) is 18.5. The molecular weight excluding hydrogens is 370 g/mol. The Morgan fingerprint density at radius 1 is 1.23 bits per heavy atom. The molecule has 0 radical (unpaired) electrons. The lowest BCUT2D eigenvalue weighted by Gasteiger charge is -2.19. The molecule has 2 aromatic rings. The molecule has 2 aromatic carbocycles. The van der Waals surface area contributed by atoms with E-state index in [2.05, 4.69) is 12.1 Å². The van der Waals surface area contributed by atoms with E-state index in [1.54, 1.807) is 35.9 Å². The van der Waals surface area contributed by atoms with Gasteiger partial charge in [-0.25, -0.2) is 0 Å². The predicted molar refractivity (Wildman–Crippen MR) is 106 cm³/mol. The Morgan fingerprint density at radius 3 is 2.69 bits per heavy atom. The van der Waals surface area contributed by atoms with E-state index in [0.29, 0.717) is 36.3 Å². The molecule has 0 unspecified atom stereocenters. The molecule has 1 amide bonds. The maximum Gasteiger partial charge on any atom is 0.246 e. The number of hydrogen-bond acceptors (Lipinski definition) is 4. The number of benzene rings is 2. The predicted octanol–water partition coefficient (Wildman–Crippen LogP) is 4.50. The molecule has 1 aliphatic rings. The monoisotopic (exact) mass is 389 g/mol. The fourth-order valence-electron chi connectivity index (χ4n) is 2.60. The zero-order valence-corrected chi connectivity index (χ0v) is 16.3. The van der Waals surface area contributed by atoms with Crippen molar-refractivity contribution in [2.24, 2.45) is 0 Å². The van der Waals surface area contributed by atoms with Gasteiger partial charge in [-0.15, -0.1) is 11.8 Å². The number of carbonyl (C=O) groups is 1. The number of fused-ring (bicyclic) bond motifs is 1. The highest BCUT2D eigenvalue weighted by Crippen LogP contribution is 2.38. The van der Waals surface area contributed by atoms with Crippen LogP contribution in [0, 0.1) is 0 Å². The highest BCUT2D eigenvalue weighted by molar-refractivity contribution is 7.98. The van der Waals surface area contributed by atoms with Crippen LogP contribution in [0.4, 0.5) is 0 Å². The summed E-state index contributed by atoms with van der Waals surface area (Å²) in [7, 11) is 1.78. The van der Waals surface area contributed by atoms with Crippen molar-refractivity contribution in [3.63, 3.8) is 0 Å². The first-order valence-corrected chi connectivity index (χ1v) is 9.82. The SMILES string of the molecule is CSc1ccc(CN(C)C(=O)/C=C/c2cc(Cl)c3c(c2)OCCO3)cc1. The lowest BCUT2D eigenvalue weighted by molar-refractivity contribution is -0.125. The lowest BCUT2D eigenvalue weighted by Crippen LogP contribution is -2.24. The van der Waals surface area contributed by atoms with Crippen molar-refractivity contribution in [1.29, 1.82) is 0 Å². The summed E-state index contributed by atoms with van der Waals surface area (Å²) in [5.41, 5.74) is 1.89. The minimum absolute atomic E-state index is 0.0787. The van der Waals surface area contributed by atoms with Crippen molar-refractivity contribution in [1.82, 2.24) is 4.90 Å². The smallest absolute Gasteiger partial charge is 0.246 e. The Bertz CT molecular complexity index is 821. The van der Waals surface area contributed by atoms with Gasteiger partial charge in [0.25, 0.3) is 0 Å². The third kappa shape index (κ3) is 4.54. The molecule has 0 spiro atoms. The number of rotatable bonds is 5. The van der Waals surface area contributed by atoms with E-state index in [9.17, 15) is 4.79 Å². The van der Waals surface area contributed by atoms with Gasteiger partial charge in [0.15, 0.2) is 11.5 Å². The van der Waals surface area contributed by atoms with E-state index >= 15 is 0 Å². The summed E-state index contributed by atoms with van der Waals surface area (Å²) < 4.78 is 11.1. The third-order valence-electron chi connectivity index (χ3n) is 3.99. The van der Waals surface area contributed by atoms with Crippen LogP contribution in [0.15, 0.2) is 47.4 Å². The molecule has 136 valence electrons. The number of thioether (sulfide) groups is 1. The number of nitrogens with zero attached hydrogens (tertiary/aromatic N) is 1. The van der Waals surface area contributed by atoms with Gasteiger partial charge in [0.2, 0.25) is 5.91 Å². The molecule has 0 fully saturated rings. The van der Waals surface area contributed by atoms with Gasteiger partial charge in [-0.05, 0) is 47.7 Å². The van der Waals surface area contributed by atoms with Crippen LogP contribution in [0.3, 0.4) is 0 Å². The van der Waals surface area contributed by atoms with Gasteiger partial charge in [0, 0.05) is 24.6 Å². The standard InChI is InChI=1S/C20H20ClNO3S/c1-22(13-14-3-6-16(26-2)7-4-14)19(23)8-5-15-11-17(21)20-18(12-15)24-9-10-25-20/h3-8,11-12H,9-10,13H2,1-2H3/b8-5+. The molecule has 0 saturated carbocycles. The Morgan fingerprint density at radius 2 is 1.96 bits per heavy atom. The number of amides is 1. The molecule has 0 aromatic heterocycles. The molecule has 0 N–H and O–H groups in total. The summed E-state index contributed by atoms with van der Waals surface area (Å²) in [6.07, 6.45) is 5.32. The Balaban J connectivity index is 1.65. The van der Waals surface area contributed by atoms with Gasteiger partial charge in [0.1, 0.15) is 13.2 Å².